The third-order valence-electron chi connectivity index (χ3n) is 5.80. The van der Waals surface area contributed by atoms with Crippen molar-refractivity contribution < 1.29 is 47.2 Å². The molecule has 5 atom stereocenters. The molecule has 3 heterocycles. The Morgan fingerprint density at radius 3 is 2.67 bits per heavy atom. The molecule has 182 valence electrons. The zero-order valence-electron chi connectivity index (χ0n) is 18.2. The molecule has 2 fully saturated rings. The molecule has 2 N–H and O–H groups in total. The van der Waals surface area contributed by atoms with E-state index in [2.05, 4.69) is 10.5 Å². The highest BCUT2D eigenvalue weighted by Crippen LogP contribution is 2.46. The fourth-order valence-corrected chi connectivity index (χ4v) is 6.45. The summed E-state index contributed by atoms with van der Waals surface area (Å²) in [6.45, 7) is 3.40. The van der Waals surface area contributed by atoms with Gasteiger partial charge in [-0.15, -0.1) is 9.36 Å². The fraction of sp³-hybridized carbons (Fsp3) is 0.667. The van der Waals surface area contributed by atoms with E-state index in [-0.39, 0.29) is 19.6 Å². The number of carbonyl (C=O) groups is 4. The van der Waals surface area contributed by atoms with Gasteiger partial charge in [0.2, 0.25) is 5.91 Å². The number of nitrogens with one attached hydrogen (secondary N) is 1. The van der Waals surface area contributed by atoms with Crippen LogP contribution in [0.2, 0.25) is 0 Å². The van der Waals surface area contributed by atoms with Crippen LogP contribution in [0.4, 0.5) is 0 Å². The van der Waals surface area contributed by atoms with Crippen molar-refractivity contribution in [3.63, 3.8) is 0 Å². The minimum Gasteiger partial charge on any atom is -0.548 e. The lowest BCUT2D eigenvalue weighted by Gasteiger charge is -2.38. The second-order valence-electron chi connectivity index (χ2n) is 8.16. The van der Waals surface area contributed by atoms with Gasteiger partial charge in [-0.3, -0.25) is 9.59 Å². The van der Waals surface area contributed by atoms with E-state index in [4.69, 9.17) is 4.74 Å². The number of carbonyl (C=O) groups excluding carboxylic acids is 4. The van der Waals surface area contributed by atoms with E-state index in [9.17, 15) is 37.8 Å². The number of nitrogens with zero attached hydrogens (tertiary/aromatic N) is 4. The molecule has 0 spiro atoms. The van der Waals surface area contributed by atoms with Gasteiger partial charge in [-0.05, 0) is 20.8 Å². The molecule has 2 unspecified atom stereocenters. The Labute approximate surface area is 189 Å². The predicted molar refractivity (Wildman–Crippen MR) is 104 cm³/mol. The number of aliphatic carboxylic acids is 1. The summed E-state index contributed by atoms with van der Waals surface area (Å²) >= 11 is 0. The molecule has 2 saturated heterocycles. The largest absolute Gasteiger partial charge is 0.548 e. The molecule has 1 aromatic rings. The number of hydrogen-bond donors (Lipinski definition) is 2. The SMILES string of the molecule is CCOC(=O)C(NC(=O)C[n+]1ccn(C[C@@]2(C)[C@H](C(=O)[O-])N3C(=O)C[C@H]3S2(=O)=O)n1)C(C)O. The minimum absolute atomic E-state index is 0.0650. The summed E-state index contributed by atoms with van der Waals surface area (Å²) in [5.41, 5.74) is 0. The minimum atomic E-state index is -4.05. The van der Waals surface area contributed by atoms with Gasteiger partial charge >= 0.3 is 5.97 Å². The van der Waals surface area contributed by atoms with E-state index in [0.29, 0.717) is 0 Å². The van der Waals surface area contributed by atoms with Crippen LogP contribution in [0.1, 0.15) is 27.2 Å². The van der Waals surface area contributed by atoms with Crippen molar-refractivity contribution in [1.82, 2.24) is 20.1 Å². The van der Waals surface area contributed by atoms with Crippen LogP contribution in [0.5, 0.6) is 0 Å². The average molecular weight is 487 g/mol. The normalized spacial score (nSPS) is 27.3. The molecule has 2 aliphatic heterocycles. The lowest BCUT2D eigenvalue weighted by Crippen LogP contribution is -2.61. The fourth-order valence-electron chi connectivity index (χ4n) is 4.10. The number of aliphatic hydroxyl groups is 1. The maximum atomic E-state index is 13.0. The Morgan fingerprint density at radius 2 is 2.12 bits per heavy atom. The molecule has 0 radical (unpaired) electrons. The van der Waals surface area contributed by atoms with Crippen molar-refractivity contribution >= 4 is 33.6 Å². The van der Waals surface area contributed by atoms with Gasteiger partial charge in [0.1, 0.15) is 16.7 Å². The summed E-state index contributed by atoms with van der Waals surface area (Å²) in [4.78, 5) is 48.6. The first-order chi connectivity index (χ1) is 15.3. The van der Waals surface area contributed by atoms with E-state index in [1.165, 1.54) is 26.2 Å². The summed E-state index contributed by atoms with van der Waals surface area (Å²) in [7, 11) is -4.05. The van der Waals surface area contributed by atoms with Crippen molar-refractivity contribution in [3.05, 3.63) is 12.4 Å². The number of carboxylic acid groups (broad SMARTS) is 1. The van der Waals surface area contributed by atoms with Gasteiger partial charge in [0, 0.05) is 0 Å². The van der Waals surface area contributed by atoms with Gasteiger partial charge in [-0.2, -0.15) is 0 Å². The number of rotatable bonds is 9. The topological polar surface area (TPSA) is 192 Å². The van der Waals surface area contributed by atoms with E-state index in [0.717, 1.165) is 14.3 Å². The average Bonchev–Trinajstić information content (AvgIpc) is 3.18. The van der Waals surface area contributed by atoms with Crippen LogP contribution in [0.15, 0.2) is 12.4 Å². The van der Waals surface area contributed by atoms with Gasteiger partial charge in [0.15, 0.2) is 34.8 Å². The van der Waals surface area contributed by atoms with Crippen molar-refractivity contribution in [3.8, 4) is 0 Å². The number of ether oxygens (including phenoxy) is 1. The van der Waals surface area contributed by atoms with Crippen molar-refractivity contribution in [1.29, 1.82) is 0 Å². The monoisotopic (exact) mass is 487 g/mol. The Hall–Kier alpha value is -3.07. The summed E-state index contributed by atoms with van der Waals surface area (Å²) < 4.78 is 31.1. The smallest absolute Gasteiger partial charge is 0.331 e. The Kier molecular flexibility index (Phi) is 6.48. The molecule has 3 rings (SSSR count). The molecule has 0 aromatic carbocycles. The second kappa shape index (κ2) is 8.70. The Balaban J connectivity index is 1.74. The van der Waals surface area contributed by atoms with Crippen LogP contribution in [0.25, 0.3) is 0 Å². The number of sulfone groups is 1. The highest BCUT2D eigenvalue weighted by atomic mass is 32.2. The summed E-state index contributed by atoms with van der Waals surface area (Å²) in [5, 5.41) is 26.6. The number of β-lactam (4-membered cyclic amide) rings is 1. The van der Waals surface area contributed by atoms with Gasteiger partial charge in [-0.1, -0.05) is 0 Å². The van der Waals surface area contributed by atoms with E-state index < -0.39 is 68.4 Å². The summed E-state index contributed by atoms with van der Waals surface area (Å²) in [5.74, 6) is -3.74. The lowest BCUT2D eigenvalue weighted by atomic mass is 9.96. The van der Waals surface area contributed by atoms with Crippen LogP contribution in [0.3, 0.4) is 0 Å². The van der Waals surface area contributed by atoms with Crippen LogP contribution >= 0.6 is 0 Å². The van der Waals surface area contributed by atoms with Crippen molar-refractivity contribution in [2.24, 2.45) is 0 Å². The molecule has 0 saturated carbocycles. The number of hydrogen-bond acceptors (Lipinski definition) is 10. The van der Waals surface area contributed by atoms with Gasteiger partial charge in [0.05, 0.1) is 36.4 Å². The molecular weight excluding hydrogens is 462 g/mol. The van der Waals surface area contributed by atoms with E-state index in [1.807, 2.05) is 0 Å². The number of aromatic nitrogens is 3. The zero-order chi connectivity index (χ0) is 24.7. The van der Waals surface area contributed by atoms with Crippen molar-refractivity contribution in [2.75, 3.05) is 6.61 Å². The molecular formula is C18H25N5O9S. The molecule has 1 aromatic heterocycles. The molecule has 33 heavy (non-hydrogen) atoms. The third kappa shape index (κ3) is 4.17. The van der Waals surface area contributed by atoms with Gasteiger partial charge in [0.25, 0.3) is 5.91 Å². The predicted octanol–water partition coefficient (Wildman–Crippen LogP) is -4.54. The number of carboxylic acids is 1. The highest BCUT2D eigenvalue weighted by molar-refractivity contribution is 7.93. The maximum absolute atomic E-state index is 13.0. The molecule has 15 heteroatoms. The van der Waals surface area contributed by atoms with Crippen LogP contribution < -0.4 is 15.1 Å². The van der Waals surface area contributed by atoms with E-state index >= 15 is 0 Å². The molecule has 14 nitrogen and oxygen atoms in total. The number of fused-ring (bicyclic) bond motifs is 1. The second-order valence-corrected chi connectivity index (χ2v) is 10.7. The number of esters is 1. The van der Waals surface area contributed by atoms with Gasteiger partial charge in [-0.25, -0.2) is 13.2 Å². The standard InChI is InChI=1S/C18H25N5O9S/c1-4-32-17(29)14(10(2)24)19-11(25)8-21-5-6-22(20-21)9-18(3)15(16(27)28)23-12(26)7-13(23)33(18,30)31/h5-6,10,13-15,24H,4,7-9H2,1-3H3,(H-,19,25,27,28)/t10?,13-,14?,15+,18+/m1/s1. The highest BCUT2D eigenvalue weighted by Gasteiger charge is 2.69. The van der Waals surface area contributed by atoms with E-state index in [1.54, 1.807) is 6.92 Å². The van der Waals surface area contributed by atoms with Crippen molar-refractivity contribution in [2.45, 2.75) is 68.6 Å². The lowest BCUT2D eigenvalue weighted by molar-refractivity contribution is -0.744. The summed E-state index contributed by atoms with van der Waals surface area (Å²) in [6, 6.07) is -2.96. The van der Waals surface area contributed by atoms with Gasteiger partial charge < -0.3 is 30.0 Å². The molecule has 0 aliphatic carbocycles. The molecule has 0 bridgehead atoms. The number of amides is 2. The zero-order valence-corrected chi connectivity index (χ0v) is 19.0. The Bertz CT molecular complexity index is 1080. The first-order valence-corrected chi connectivity index (χ1v) is 11.7. The molecule has 2 aliphatic rings. The number of aliphatic hydroxyl groups excluding tert-OH is 1. The molecule has 2 amide bonds. The summed E-state index contributed by atoms with van der Waals surface area (Å²) in [6.07, 6.45) is 1.19. The third-order valence-corrected chi connectivity index (χ3v) is 8.56. The maximum Gasteiger partial charge on any atom is 0.331 e. The van der Waals surface area contributed by atoms with Crippen LogP contribution in [-0.2, 0) is 46.8 Å². The quantitative estimate of drug-likeness (QED) is 0.195. The Morgan fingerprint density at radius 1 is 1.45 bits per heavy atom. The van der Waals surface area contributed by atoms with Crippen LogP contribution in [-0.4, -0.2) is 87.0 Å². The van der Waals surface area contributed by atoms with Crippen LogP contribution in [0, 0.1) is 0 Å². The first kappa shape index (κ1) is 24.6. The first-order valence-electron chi connectivity index (χ1n) is 10.2.